The van der Waals surface area contributed by atoms with E-state index in [-0.39, 0.29) is 6.61 Å². The molecule has 2 amide bonds. The van der Waals surface area contributed by atoms with Crippen LogP contribution in [-0.2, 0) is 17.6 Å². The van der Waals surface area contributed by atoms with Gasteiger partial charge in [0.25, 0.3) is 11.8 Å². The SMILES string of the molecule is N#Cc1ccccc1OCC(=O)NNC(=O)c1nn(-c2ccccc2)c2c1CCC2. The molecule has 8 nitrogen and oxygen atoms in total. The molecular formula is C22H19N5O3. The quantitative estimate of drug-likeness (QED) is 0.636. The molecular weight excluding hydrogens is 382 g/mol. The first kappa shape index (κ1) is 19.2. The minimum atomic E-state index is -0.546. The largest absolute Gasteiger partial charge is 0.482 e. The maximum absolute atomic E-state index is 12.6. The highest BCUT2D eigenvalue weighted by molar-refractivity contribution is 5.95. The van der Waals surface area contributed by atoms with E-state index in [0.29, 0.717) is 17.0 Å². The molecule has 3 aromatic rings. The third-order valence-electron chi connectivity index (χ3n) is 4.83. The van der Waals surface area contributed by atoms with E-state index in [1.807, 2.05) is 36.4 Å². The van der Waals surface area contributed by atoms with E-state index in [4.69, 9.17) is 10.00 Å². The summed E-state index contributed by atoms with van der Waals surface area (Å²) < 4.78 is 7.15. The summed E-state index contributed by atoms with van der Waals surface area (Å²) in [5, 5.41) is 13.5. The van der Waals surface area contributed by atoms with Crippen molar-refractivity contribution in [2.45, 2.75) is 19.3 Å². The smallest absolute Gasteiger partial charge is 0.290 e. The fourth-order valence-corrected chi connectivity index (χ4v) is 3.45. The molecule has 30 heavy (non-hydrogen) atoms. The fraction of sp³-hybridized carbons (Fsp3) is 0.182. The maximum atomic E-state index is 12.6. The van der Waals surface area contributed by atoms with Gasteiger partial charge in [-0.2, -0.15) is 10.4 Å². The Labute approximate surface area is 173 Å². The lowest BCUT2D eigenvalue weighted by Gasteiger charge is -2.09. The van der Waals surface area contributed by atoms with Gasteiger partial charge in [0.2, 0.25) is 0 Å². The Morgan fingerprint density at radius 2 is 1.83 bits per heavy atom. The van der Waals surface area contributed by atoms with Crippen LogP contribution in [-0.4, -0.2) is 28.2 Å². The lowest BCUT2D eigenvalue weighted by molar-refractivity contribution is -0.123. The molecule has 8 heteroatoms. The number of amides is 2. The third kappa shape index (κ3) is 3.86. The number of aromatic nitrogens is 2. The molecule has 2 N–H and O–H groups in total. The van der Waals surface area contributed by atoms with Gasteiger partial charge >= 0.3 is 0 Å². The molecule has 0 radical (unpaired) electrons. The molecule has 0 aliphatic heterocycles. The molecule has 0 saturated carbocycles. The van der Waals surface area contributed by atoms with Crippen molar-refractivity contribution < 1.29 is 14.3 Å². The maximum Gasteiger partial charge on any atom is 0.290 e. The molecule has 1 aliphatic carbocycles. The molecule has 4 rings (SSSR count). The second kappa shape index (κ2) is 8.49. The Balaban J connectivity index is 1.40. The van der Waals surface area contributed by atoms with E-state index in [1.165, 1.54) is 0 Å². The van der Waals surface area contributed by atoms with Crippen molar-refractivity contribution in [3.63, 3.8) is 0 Å². The number of hydrogen-bond donors (Lipinski definition) is 2. The van der Waals surface area contributed by atoms with Crippen molar-refractivity contribution in [1.29, 1.82) is 5.26 Å². The number of carbonyl (C=O) groups is 2. The Morgan fingerprint density at radius 1 is 1.07 bits per heavy atom. The first-order chi connectivity index (χ1) is 14.7. The Morgan fingerprint density at radius 3 is 2.63 bits per heavy atom. The molecule has 0 atom stereocenters. The molecule has 1 aliphatic rings. The van der Waals surface area contributed by atoms with Crippen molar-refractivity contribution in [3.8, 4) is 17.5 Å². The summed E-state index contributed by atoms with van der Waals surface area (Å²) in [5.41, 5.74) is 8.19. The van der Waals surface area contributed by atoms with E-state index in [9.17, 15) is 9.59 Å². The van der Waals surface area contributed by atoms with Crippen molar-refractivity contribution in [3.05, 3.63) is 77.1 Å². The Kier molecular flexibility index (Phi) is 5.44. The van der Waals surface area contributed by atoms with Gasteiger partial charge in [-0.3, -0.25) is 20.4 Å². The zero-order valence-corrected chi connectivity index (χ0v) is 16.1. The molecule has 0 spiro atoms. The lowest BCUT2D eigenvalue weighted by atomic mass is 10.2. The molecule has 150 valence electrons. The number of hydrogen-bond acceptors (Lipinski definition) is 5. The van der Waals surface area contributed by atoms with Crippen LogP contribution in [0.5, 0.6) is 5.75 Å². The Bertz CT molecular complexity index is 1130. The summed E-state index contributed by atoms with van der Waals surface area (Å²) in [6, 6.07) is 18.2. The van der Waals surface area contributed by atoms with Gasteiger partial charge in [0.15, 0.2) is 12.3 Å². The predicted molar refractivity (Wildman–Crippen MR) is 108 cm³/mol. The zero-order valence-electron chi connectivity index (χ0n) is 16.1. The number of carbonyl (C=O) groups excluding carboxylic acids is 2. The normalized spacial score (nSPS) is 12.0. The highest BCUT2D eigenvalue weighted by Crippen LogP contribution is 2.27. The second-order valence-electron chi connectivity index (χ2n) is 6.77. The summed E-state index contributed by atoms with van der Waals surface area (Å²) in [4.78, 5) is 24.7. The van der Waals surface area contributed by atoms with Crippen molar-refractivity contribution >= 4 is 11.8 Å². The van der Waals surface area contributed by atoms with Crippen LogP contribution in [0, 0.1) is 11.3 Å². The number of fused-ring (bicyclic) bond motifs is 1. The van der Waals surface area contributed by atoms with Crippen molar-refractivity contribution in [1.82, 2.24) is 20.6 Å². The first-order valence-electron chi connectivity index (χ1n) is 9.54. The number of hydrazine groups is 1. The number of rotatable bonds is 5. The van der Waals surface area contributed by atoms with E-state index in [1.54, 1.807) is 28.9 Å². The number of nitriles is 1. The number of para-hydroxylation sites is 2. The van der Waals surface area contributed by atoms with Gasteiger partial charge in [-0.1, -0.05) is 30.3 Å². The van der Waals surface area contributed by atoms with Crippen LogP contribution in [0.4, 0.5) is 0 Å². The fourth-order valence-electron chi connectivity index (χ4n) is 3.45. The monoisotopic (exact) mass is 401 g/mol. The van der Waals surface area contributed by atoms with Gasteiger partial charge < -0.3 is 4.74 Å². The summed E-state index contributed by atoms with van der Waals surface area (Å²) >= 11 is 0. The number of benzene rings is 2. The number of nitrogens with zero attached hydrogens (tertiary/aromatic N) is 3. The third-order valence-corrected chi connectivity index (χ3v) is 4.83. The summed E-state index contributed by atoms with van der Waals surface area (Å²) in [5.74, 6) is -0.718. The van der Waals surface area contributed by atoms with Crippen LogP contribution in [0.25, 0.3) is 5.69 Å². The first-order valence-corrected chi connectivity index (χ1v) is 9.54. The average molecular weight is 401 g/mol. The molecule has 0 unspecified atom stereocenters. The van der Waals surface area contributed by atoms with Gasteiger partial charge in [-0.05, 0) is 43.5 Å². The van der Waals surface area contributed by atoms with E-state index in [0.717, 1.165) is 36.2 Å². The summed E-state index contributed by atoms with van der Waals surface area (Å²) in [7, 11) is 0. The van der Waals surface area contributed by atoms with Gasteiger partial charge in [-0.15, -0.1) is 0 Å². The van der Waals surface area contributed by atoms with Gasteiger partial charge in [0.1, 0.15) is 11.8 Å². The highest BCUT2D eigenvalue weighted by Gasteiger charge is 2.27. The van der Waals surface area contributed by atoms with E-state index in [2.05, 4.69) is 16.0 Å². The summed E-state index contributed by atoms with van der Waals surface area (Å²) in [6.07, 6.45) is 2.58. The molecule has 0 fully saturated rings. The second-order valence-corrected chi connectivity index (χ2v) is 6.77. The highest BCUT2D eigenvalue weighted by atomic mass is 16.5. The molecule has 1 heterocycles. The molecule has 2 aromatic carbocycles. The summed E-state index contributed by atoms with van der Waals surface area (Å²) in [6.45, 7) is -0.338. The Hall–Kier alpha value is -4.12. The zero-order chi connectivity index (χ0) is 20.9. The standard InChI is InChI=1S/C22H19N5O3/c23-13-15-7-4-5-12-19(15)30-14-20(28)24-25-22(29)21-17-10-6-11-18(17)27(26-21)16-8-2-1-3-9-16/h1-5,7-9,12H,6,10-11,14H2,(H,24,28)(H,25,29). The van der Waals surface area contributed by atoms with Crippen LogP contribution in [0.1, 0.15) is 33.7 Å². The van der Waals surface area contributed by atoms with Crippen molar-refractivity contribution in [2.24, 2.45) is 0 Å². The number of nitrogens with one attached hydrogen (secondary N) is 2. The van der Waals surface area contributed by atoms with Crippen LogP contribution < -0.4 is 15.6 Å². The predicted octanol–water partition coefficient (Wildman–Crippen LogP) is 2.07. The van der Waals surface area contributed by atoms with Crippen LogP contribution in [0.2, 0.25) is 0 Å². The van der Waals surface area contributed by atoms with Crippen LogP contribution in [0.15, 0.2) is 54.6 Å². The van der Waals surface area contributed by atoms with Crippen LogP contribution in [0.3, 0.4) is 0 Å². The molecule has 0 saturated heterocycles. The number of ether oxygens (including phenoxy) is 1. The van der Waals surface area contributed by atoms with Gasteiger partial charge in [-0.25, -0.2) is 4.68 Å². The van der Waals surface area contributed by atoms with Gasteiger partial charge in [0.05, 0.1) is 11.3 Å². The molecule has 1 aromatic heterocycles. The molecule has 0 bridgehead atoms. The average Bonchev–Trinajstić information content (AvgIpc) is 3.39. The van der Waals surface area contributed by atoms with Crippen LogP contribution >= 0.6 is 0 Å². The van der Waals surface area contributed by atoms with Crippen molar-refractivity contribution in [2.75, 3.05) is 6.61 Å². The topological polar surface area (TPSA) is 109 Å². The van der Waals surface area contributed by atoms with Gasteiger partial charge in [0, 0.05) is 11.3 Å². The minimum absolute atomic E-state index is 0.306. The minimum Gasteiger partial charge on any atom is -0.482 e. The van der Waals surface area contributed by atoms with E-state index < -0.39 is 11.8 Å². The lowest BCUT2D eigenvalue weighted by Crippen LogP contribution is -2.44. The van der Waals surface area contributed by atoms with E-state index >= 15 is 0 Å².